The van der Waals surface area contributed by atoms with E-state index in [1.54, 1.807) is 36.4 Å². The van der Waals surface area contributed by atoms with Crippen molar-refractivity contribution < 1.29 is 34.6 Å². The van der Waals surface area contributed by atoms with Crippen LogP contribution >= 0.6 is 0 Å². The summed E-state index contributed by atoms with van der Waals surface area (Å²) in [5.41, 5.74) is 4.42. The molecule has 7 nitrogen and oxygen atoms in total. The minimum atomic E-state index is -0.138. The summed E-state index contributed by atoms with van der Waals surface area (Å²) in [4.78, 5) is 0. The predicted octanol–water partition coefficient (Wildman–Crippen LogP) is 3.21. The van der Waals surface area contributed by atoms with E-state index in [1.165, 1.54) is 0 Å². The Balaban J connectivity index is 1.76. The van der Waals surface area contributed by atoms with Crippen LogP contribution < -0.4 is 14.2 Å². The van der Waals surface area contributed by atoms with E-state index in [-0.39, 0.29) is 39.6 Å². The Labute approximate surface area is 193 Å². The van der Waals surface area contributed by atoms with Gasteiger partial charge in [0, 0.05) is 0 Å². The van der Waals surface area contributed by atoms with Crippen LogP contribution in [0.1, 0.15) is 40.3 Å². The van der Waals surface area contributed by atoms with Crippen LogP contribution in [0.3, 0.4) is 0 Å². The minimum Gasteiger partial charge on any atom is -0.494 e. The highest BCUT2D eigenvalue weighted by molar-refractivity contribution is 5.38. The van der Waals surface area contributed by atoms with Gasteiger partial charge in [-0.15, -0.1) is 0 Å². The van der Waals surface area contributed by atoms with Crippen molar-refractivity contribution in [3.63, 3.8) is 0 Å². The lowest BCUT2D eigenvalue weighted by molar-refractivity contribution is 0.268. The van der Waals surface area contributed by atoms with Gasteiger partial charge in [-0.2, -0.15) is 0 Å². The Morgan fingerprint density at radius 1 is 0.455 bits per heavy atom. The predicted molar refractivity (Wildman–Crippen MR) is 123 cm³/mol. The fourth-order valence-corrected chi connectivity index (χ4v) is 3.47. The van der Waals surface area contributed by atoms with Crippen molar-refractivity contribution in [1.29, 1.82) is 0 Å². The van der Waals surface area contributed by atoms with Crippen LogP contribution in [0.25, 0.3) is 0 Å². The zero-order valence-electron chi connectivity index (χ0n) is 18.7. The molecule has 0 aromatic heterocycles. The summed E-state index contributed by atoms with van der Waals surface area (Å²) in [7, 11) is 0. The van der Waals surface area contributed by atoms with Crippen molar-refractivity contribution in [3.05, 3.63) is 88.0 Å². The van der Waals surface area contributed by atoms with Crippen LogP contribution in [0, 0.1) is 0 Å². The molecule has 4 N–H and O–H groups in total. The van der Waals surface area contributed by atoms with E-state index in [1.807, 2.05) is 25.1 Å². The average Bonchev–Trinajstić information content (AvgIpc) is 2.85. The molecule has 0 aliphatic rings. The largest absolute Gasteiger partial charge is 0.494 e. The smallest absolute Gasteiger partial charge is 0.120 e. The van der Waals surface area contributed by atoms with E-state index >= 15 is 0 Å². The molecule has 0 saturated heterocycles. The molecule has 3 aromatic carbocycles. The summed E-state index contributed by atoms with van der Waals surface area (Å²) >= 11 is 0. The van der Waals surface area contributed by atoms with Crippen molar-refractivity contribution in [3.8, 4) is 17.2 Å². The molecular weight excluding hydrogens is 424 g/mol. The summed E-state index contributed by atoms with van der Waals surface area (Å²) in [6.45, 7) is 2.41. The summed E-state index contributed by atoms with van der Waals surface area (Å²) in [5.74, 6) is 1.81. The summed E-state index contributed by atoms with van der Waals surface area (Å²) < 4.78 is 17.5. The van der Waals surface area contributed by atoms with Crippen molar-refractivity contribution in [2.45, 2.75) is 46.6 Å². The van der Waals surface area contributed by atoms with Crippen molar-refractivity contribution in [2.75, 3.05) is 6.61 Å². The van der Waals surface area contributed by atoms with Gasteiger partial charge in [-0.1, -0.05) is 12.1 Å². The van der Waals surface area contributed by atoms with Crippen molar-refractivity contribution in [2.24, 2.45) is 0 Å². The first-order valence-corrected chi connectivity index (χ1v) is 10.8. The molecular formula is C26H30O7. The maximum absolute atomic E-state index is 9.42. The number of benzene rings is 3. The fourth-order valence-electron chi connectivity index (χ4n) is 3.47. The molecule has 0 saturated carbocycles. The quantitative estimate of drug-likeness (QED) is 0.333. The number of hydrogen-bond acceptors (Lipinski definition) is 7. The Morgan fingerprint density at radius 3 is 1.09 bits per heavy atom. The molecule has 3 aromatic rings. The average molecular weight is 455 g/mol. The molecule has 176 valence electrons. The highest BCUT2D eigenvalue weighted by Crippen LogP contribution is 2.24. The molecule has 0 atom stereocenters. The first kappa shape index (κ1) is 24.5. The molecule has 33 heavy (non-hydrogen) atoms. The van der Waals surface area contributed by atoms with Gasteiger partial charge in [0.15, 0.2) is 0 Å². The lowest BCUT2D eigenvalue weighted by atomic mass is 10.1. The maximum Gasteiger partial charge on any atom is 0.120 e. The van der Waals surface area contributed by atoms with E-state index in [0.29, 0.717) is 46.1 Å². The van der Waals surface area contributed by atoms with Crippen molar-refractivity contribution >= 4 is 0 Å². The zero-order chi connectivity index (χ0) is 23.6. The summed E-state index contributed by atoms with van der Waals surface area (Å²) in [6.07, 6.45) is 0. The molecule has 0 unspecified atom stereocenters. The highest BCUT2D eigenvalue weighted by atomic mass is 16.5. The summed E-state index contributed by atoms with van der Waals surface area (Å²) in [5, 5.41) is 37.7. The van der Waals surface area contributed by atoms with Gasteiger partial charge in [0.2, 0.25) is 0 Å². The van der Waals surface area contributed by atoms with Gasteiger partial charge in [0.25, 0.3) is 0 Å². The second-order valence-electron chi connectivity index (χ2n) is 7.60. The van der Waals surface area contributed by atoms with Gasteiger partial charge >= 0.3 is 0 Å². The van der Waals surface area contributed by atoms with Crippen LogP contribution in [-0.2, 0) is 39.6 Å². The fraction of sp³-hybridized carbons (Fsp3) is 0.308. The van der Waals surface area contributed by atoms with Crippen LogP contribution in [0.5, 0.6) is 17.2 Å². The van der Waals surface area contributed by atoms with Gasteiger partial charge in [-0.25, -0.2) is 0 Å². The summed E-state index contributed by atoms with van der Waals surface area (Å²) in [6, 6.07) is 16.2. The normalized spacial score (nSPS) is 10.8. The van der Waals surface area contributed by atoms with Crippen LogP contribution in [0.4, 0.5) is 0 Å². The van der Waals surface area contributed by atoms with Gasteiger partial charge in [-0.05, 0) is 82.8 Å². The lowest BCUT2D eigenvalue weighted by Crippen LogP contribution is -2.03. The number of aliphatic hydroxyl groups excluding tert-OH is 4. The minimum absolute atomic E-state index is 0.138. The molecule has 0 amide bonds. The molecule has 0 bridgehead atoms. The van der Waals surface area contributed by atoms with E-state index in [4.69, 9.17) is 14.2 Å². The standard InChI is InChI=1S/C26H30O7/c1-2-31-24-10-22(16-32-25-6-18(12-27)3-19(7-25)13-28)5-23(11-24)17-33-26-8-20(14-29)4-21(9-26)15-30/h3-11,27-30H,2,12-17H2,1H3. The molecule has 0 fully saturated rings. The van der Waals surface area contributed by atoms with Crippen LogP contribution in [-0.4, -0.2) is 27.0 Å². The number of rotatable bonds is 12. The Kier molecular flexibility index (Phi) is 9.09. The van der Waals surface area contributed by atoms with E-state index in [2.05, 4.69) is 0 Å². The van der Waals surface area contributed by atoms with Crippen LogP contribution in [0.15, 0.2) is 54.6 Å². The molecule has 0 spiro atoms. The van der Waals surface area contributed by atoms with E-state index in [0.717, 1.165) is 11.1 Å². The van der Waals surface area contributed by atoms with Gasteiger partial charge in [-0.3, -0.25) is 0 Å². The maximum atomic E-state index is 9.42. The zero-order valence-corrected chi connectivity index (χ0v) is 18.7. The third kappa shape index (κ3) is 7.20. The SMILES string of the molecule is CCOc1cc(COc2cc(CO)cc(CO)c2)cc(COc2cc(CO)cc(CO)c2)c1. The second kappa shape index (κ2) is 12.2. The van der Waals surface area contributed by atoms with Crippen molar-refractivity contribution in [1.82, 2.24) is 0 Å². The first-order chi connectivity index (χ1) is 16.1. The van der Waals surface area contributed by atoms with Gasteiger partial charge < -0.3 is 34.6 Å². The second-order valence-corrected chi connectivity index (χ2v) is 7.60. The topological polar surface area (TPSA) is 109 Å². The Morgan fingerprint density at radius 2 is 0.758 bits per heavy atom. The van der Waals surface area contributed by atoms with Gasteiger partial charge in [0.05, 0.1) is 33.0 Å². The number of hydrogen-bond donors (Lipinski definition) is 4. The molecule has 0 heterocycles. The highest BCUT2D eigenvalue weighted by Gasteiger charge is 2.08. The Bertz CT molecular complexity index is 927. The Hall–Kier alpha value is -3.10. The molecule has 3 rings (SSSR count). The van der Waals surface area contributed by atoms with E-state index in [9.17, 15) is 20.4 Å². The lowest BCUT2D eigenvalue weighted by Gasteiger charge is -2.14. The third-order valence-corrected chi connectivity index (χ3v) is 4.93. The number of ether oxygens (including phenoxy) is 3. The van der Waals surface area contributed by atoms with Gasteiger partial charge in [0.1, 0.15) is 30.5 Å². The van der Waals surface area contributed by atoms with Crippen LogP contribution in [0.2, 0.25) is 0 Å². The molecule has 0 aliphatic heterocycles. The molecule has 0 radical (unpaired) electrons. The monoisotopic (exact) mass is 454 g/mol. The first-order valence-electron chi connectivity index (χ1n) is 10.8. The molecule has 7 heteroatoms. The van der Waals surface area contributed by atoms with E-state index < -0.39 is 0 Å². The molecule has 0 aliphatic carbocycles. The third-order valence-electron chi connectivity index (χ3n) is 4.93. The number of aliphatic hydroxyl groups is 4.